The SMILES string of the molecule is COc1ccccc1N1CCCN(S(=O)(=O)N2CCC(OC)CC2)CC1. The third kappa shape index (κ3) is 4.14. The lowest BCUT2D eigenvalue weighted by Crippen LogP contribution is -2.49. The van der Waals surface area contributed by atoms with Gasteiger partial charge in [0.1, 0.15) is 5.75 Å². The molecule has 0 N–H and O–H groups in total. The fraction of sp³-hybridized carbons (Fsp3) is 0.667. The highest BCUT2D eigenvalue weighted by Crippen LogP contribution is 2.29. The molecule has 26 heavy (non-hydrogen) atoms. The molecule has 1 aromatic carbocycles. The highest BCUT2D eigenvalue weighted by Gasteiger charge is 2.34. The highest BCUT2D eigenvalue weighted by atomic mass is 32.2. The van der Waals surface area contributed by atoms with Gasteiger partial charge in [0.15, 0.2) is 0 Å². The first-order chi connectivity index (χ1) is 12.6. The molecule has 2 aliphatic rings. The first kappa shape index (κ1) is 19.4. The number of hydrogen-bond acceptors (Lipinski definition) is 5. The summed E-state index contributed by atoms with van der Waals surface area (Å²) in [7, 11) is -0.0539. The summed E-state index contributed by atoms with van der Waals surface area (Å²) in [5.74, 6) is 0.824. The highest BCUT2D eigenvalue weighted by molar-refractivity contribution is 7.86. The van der Waals surface area contributed by atoms with E-state index < -0.39 is 10.2 Å². The predicted molar refractivity (Wildman–Crippen MR) is 102 cm³/mol. The summed E-state index contributed by atoms with van der Waals surface area (Å²) < 4.78 is 40.1. The van der Waals surface area contributed by atoms with E-state index in [1.807, 2.05) is 24.3 Å². The monoisotopic (exact) mass is 383 g/mol. The number of ether oxygens (including phenoxy) is 2. The summed E-state index contributed by atoms with van der Waals surface area (Å²) in [6.45, 7) is 3.59. The van der Waals surface area contributed by atoms with Crippen LogP contribution in [-0.4, -0.2) is 76.6 Å². The van der Waals surface area contributed by atoms with Gasteiger partial charge < -0.3 is 14.4 Å². The molecule has 146 valence electrons. The number of nitrogens with zero attached hydrogens (tertiary/aromatic N) is 3. The Balaban J connectivity index is 1.66. The smallest absolute Gasteiger partial charge is 0.282 e. The molecule has 8 heteroatoms. The molecule has 3 rings (SSSR count). The maximum atomic E-state index is 13.0. The zero-order valence-electron chi connectivity index (χ0n) is 15.6. The fourth-order valence-electron chi connectivity index (χ4n) is 3.72. The van der Waals surface area contributed by atoms with Crippen molar-refractivity contribution in [1.29, 1.82) is 0 Å². The first-order valence-corrected chi connectivity index (χ1v) is 10.6. The molecule has 2 aliphatic heterocycles. The molecule has 0 bridgehead atoms. The molecule has 0 radical (unpaired) electrons. The molecule has 0 unspecified atom stereocenters. The van der Waals surface area contributed by atoms with Crippen LogP contribution >= 0.6 is 0 Å². The number of hydrogen-bond donors (Lipinski definition) is 0. The molecule has 2 fully saturated rings. The summed E-state index contributed by atoms with van der Waals surface area (Å²) in [5.41, 5.74) is 1.02. The quantitative estimate of drug-likeness (QED) is 0.772. The number of methoxy groups -OCH3 is 2. The van der Waals surface area contributed by atoms with Crippen LogP contribution in [-0.2, 0) is 14.9 Å². The van der Waals surface area contributed by atoms with Crippen molar-refractivity contribution < 1.29 is 17.9 Å². The summed E-state index contributed by atoms with van der Waals surface area (Å²) in [6, 6.07) is 7.89. The van der Waals surface area contributed by atoms with Crippen LogP contribution in [0.25, 0.3) is 0 Å². The number of piperidine rings is 1. The minimum atomic E-state index is -3.41. The van der Waals surface area contributed by atoms with Crippen molar-refractivity contribution in [3.63, 3.8) is 0 Å². The Morgan fingerprint density at radius 1 is 0.923 bits per heavy atom. The Bertz CT molecular complexity index is 689. The van der Waals surface area contributed by atoms with Gasteiger partial charge in [-0.25, -0.2) is 0 Å². The van der Waals surface area contributed by atoms with Crippen LogP contribution < -0.4 is 9.64 Å². The topological polar surface area (TPSA) is 62.3 Å². The van der Waals surface area contributed by atoms with Crippen molar-refractivity contribution in [2.45, 2.75) is 25.4 Å². The second kappa shape index (κ2) is 8.56. The molecule has 0 spiro atoms. The van der Waals surface area contributed by atoms with Gasteiger partial charge in [0.25, 0.3) is 10.2 Å². The third-order valence-corrected chi connectivity index (χ3v) is 7.30. The summed E-state index contributed by atoms with van der Waals surface area (Å²) in [6.07, 6.45) is 2.49. The summed E-state index contributed by atoms with van der Waals surface area (Å²) in [5, 5.41) is 0. The Hall–Kier alpha value is -1.35. The number of para-hydroxylation sites is 2. The van der Waals surface area contributed by atoms with E-state index in [-0.39, 0.29) is 6.10 Å². The lowest BCUT2D eigenvalue weighted by atomic mass is 10.1. The average Bonchev–Trinajstić information content (AvgIpc) is 2.94. The number of benzene rings is 1. The second-order valence-corrected chi connectivity index (χ2v) is 8.68. The van der Waals surface area contributed by atoms with Crippen LogP contribution in [0.4, 0.5) is 5.69 Å². The van der Waals surface area contributed by atoms with Gasteiger partial charge in [-0.2, -0.15) is 17.0 Å². The van der Waals surface area contributed by atoms with E-state index in [9.17, 15) is 8.42 Å². The zero-order chi connectivity index (χ0) is 18.6. The predicted octanol–water partition coefficient (Wildman–Crippen LogP) is 1.56. The lowest BCUT2D eigenvalue weighted by molar-refractivity contribution is 0.0591. The molecule has 7 nitrogen and oxygen atoms in total. The van der Waals surface area contributed by atoms with Crippen molar-refractivity contribution in [2.75, 3.05) is 58.4 Å². The van der Waals surface area contributed by atoms with E-state index in [1.165, 1.54) is 0 Å². The van der Waals surface area contributed by atoms with Crippen LogP contribution in [0, 0.1) is 0 Å². The van der Waals surface area contributed by atoms with E-state index in [1.54, 1.807) is 22.8 Å². The molecular formula is C18H29N3O4S. The summed E-state index contributed by atoms with van der Waals surface area (Å²) >= 11 is 0. The van der Waals surface area contributed by atoms with Crippen molar-refractivity contribution in [2.24, 2.45) is 0 Å². The van der Waals surface area contributed by atoms with Crippen LogP contribution in [0.15, 0.2) is 24.3 Å². The normalized spacial score (nSPS) is 21.5. The lowest BCUT2D eigenvalue weighted by Gasteiger charge is -2.34. The molecule has 1 aromatic rings. The molecule has 0 aliphatic carbocycles. The Morgan fingerprint density at radius 3 is 2.31 bits per heavy atom. The molecule has 0 atom stereocenters. The van der Waals surface area contributed by atoms with Crippen molar-refractivity contribution >= 4 is 15.9 Å². The van der Waals surface area contributed by atoms with Gasteiger partial charge in [-0.05, 0) is 31.4 Å². The van der Waals surface area contributed by atoms with Gasteiger partial charge in [-0.15, -0.1) is 0 Å². The fourth-order valence-corrected chi connectivity index (χ4v) is 5.39. The number of anilines is 1. The zero-order valence-corrected chi connectivity index (χ0v) is 16.5. The first-order valence-electron chi connectivity index (χ1n) is 9.22. The van der Waals surface area contributed by atoms with Gasteiger partial charge in [0.05, 0.1) is 18.9 Å². The third-order valence-electron chi connectivity index (χ3n) is 5.27. The average molecular weight is 384 g/mol. The maximum Gasteiger partial charge on any atom is 0.282 e. The molecular weight excluding hydrogens is 354 g/mol. The number of rotatable bonds is 5. The Kier molecular flexibility index (Phi) is 6.39. The molecule has 0 saturated carbocycles. The van der Waals surface area contributed by atoms with Gasteiger partial charge in [0.2, 0.25) is 0 Å². The van der Waals surface area contributed by atoms with Crippen LogP contribution in [0.3, 0.4) is 0 Å². The molecule has 0 aromatic heterocycles. The van der Waals surface area contributed by atoms with E-state index in [0.29, 0.717) is 32.7 Å². The van der Waals surface area contributed by atoms with E-state index in [0.717, 1.165) is 37.2 Å². The van der Waals surface area contributed by atoms with Gasteiger partial charge in [-0.3, -0.25) is 0 Å². The van der Waals surface area contributed by atoms with Crippen LogP contribution in [0.5, 0.6) is 5.75 Å². The molecule has 2 heterocycles. The van der Waals surface area contributed by atoms with Crippen LogP contribution in [0.1, 0.15) is 19.3 Å². The standard InChI is InChI=1S/C18H29N3O4S/c1-24-16-8-12-21(13-9-16)26(22,23)20-11-5-10-19(14-15-20)17-6-3-4-7-18(17)25-2/h3-4,6-7,16H,5,8-15H2,1-2H3. The minimum absolute atomic E-state index is 0.173. The van der Waals surface area contributed by atoms with E-state index >= 15 is 0 Å². The van der Waals surface area contributed by atoms with Crippen LogP contribution in [0.2, 0.25) is 0 Å². The van der Waals surface area contributed by atoms with E-state index in [2.05, 4.69) is 4.90 Å². The Morgan fingerprint density at radius 2 is 1.62 bits per heavy atom. The van der Waals surface area contributed by atoms with Gasteiger partial charge in [-0.1, -0.05) is 12.1 Å². The second-order valence-electron chi connectivity index (χ2n) is 6.75. The largest absolute Gasteiger partial charge is 0.495 e. The van der Waals surface area contributed by atoms with Crippen molar-refractivity contribution in [3.05, 3.63) is 24.3 Å². The van der Waals surface area contributed by atoms with Gasteiger partial charge >= 0.3 is 0 Å². The van der Waals surface area contributed by atoms with E-state index in [4.69, 9.17) is 9.47 Å². The minimum Gasteiger partial charge on any atom is -0.495 e. The van der Waals surface area contributed by atoms with Crippen molar-refractivity contribution in [3.8, 4) is 5.75 Å². The maximum absolute atomic E-state index is 13.0. The van der Waals surface area contributed by atoms with Gasteiger partial charge in [0, 0.05) is 46.4 Å². The molecule has 2 saturated heterocycles. The summed E-state index contributed by atoms with van der Waals surface area (Å²) in [4.78, 5) is 2.21. The molecule has 0 amide bonds. The van der Waals surface area contributed by atoms with Crippen molar-refractivity contribution in [1.82, 2.24) is 8.61 Å². The Labute approximate surface area is 156 Å².